The van der Waals surface area contributed by atoms with Crippen LogP contribution in [0.2, 0.25) is 0 Å². The molecule has 0 aromatic rings. The minimum absolute atomic E-state index is 0.433. The van der Waals surface area contributed by atoms with Crippen LogP contribution in [0, 0.1) is 10.1 Å². The van der Waals surface area contributed by atoms with Gasteiger partial charge in [-0.2, -0.15) is 0 Å². The Kier molecular flexibility index (Phi) is 7.79. The molecule has 0 radical (unpaired) electrons. The number of nitrogens with zero attached hydrogens (tertiary/aromatic N) is 1. The molecule has 0 aromatic carbocycles. The van der Waals surface area contributed by atoms with E-state index in [1.165, 1.54) is 0 Å². The average molecular weight is 181 g/mol. The molecule has 0 heterocycles. The van der Waals surface area contributed by atoms with Gasteiger partial charge >= 0.3 is 0 Å². The van der Waals surface area contributed by atoms with Crippen molar-refractivity contribution in [3.63, 3.8) is 0 Å². The maximum atomic E-state index is 9.87. The predicted molar refractivity (Wildman–Crippen MR) is 53.9 cm³/mol. The van der Waals surface area contributed by atoms with E-state index in [9.17, 15) is 10.1 Å². The smallest absolute Gasteiger partial charge is 0.230 e. The maximum absolute atomic E-state index is 9.87. The highest BCUT2D eigenvalue weighted by Crippen LogP contribution is 2.01. The Morgan fingerprint density at radius 1 is 1.23 bits per heavy atom. The van der Waals surface area contributed by atoms with Crippen LogP contribution >= 0.6 is 0 Å². The zero-order chi connectivity index (χ0) is 9.94. The van der Waals surface area contributed by atoms with E-state index in [1.807, 2.05) is 12.2 Å². The fourth-order valence-electron chi connectivity index (χ4n) is 0.877. The van der Waals surface area contributed by atoms with Gasteiger partial charge in [-0.25, -0.2) is 0 Å². The second kappa shape index (κ2) is 8.71. The summed E-state index contributed by atoms with van der Waals surface area (Å²) < 4.78 is 0. The van der Waals surface area contributed by atoms with Gasteiger partial charge in [-0.05, 0) is 31.8 Å². The Hall–Kier alpha value is -1.38. The van der Waals surface area contributed by atoms with Crippen LogP contribution in [0.15, 0.2) is 37.1 Å². The summed E-state index contributed by atoms with van der Waals surface area (Å²) in [5, 5.41) is 9.87. The first-order valence-electron chi connectivity index (χ1n) is 4.35. The number of nitro groups is 1. The van der Waals surface area contributed by atoms with Crippen molar-refractivity contribution in [3.8, 4) is 0 Å². The van der Waals surface area contributed by atoms with Crippen molar-refractivity contribution in [2.75, 3.05) is 0 Å². The molecule has 0 aliphatic rings. The van der Waals surface area contributed by atoms with E-state index in [0.717, 1.165) is 31.9 Å². The topological polar surface area (TPSA) is 43.1 Å². The lowest BCUT2D eigenvalue weighted by molar-refractivity contribution is -0.402. The predicted octanol–water partition coefficient (Wildman–Crippen LogP) is 3.08. The Labute approximate surface area is 78.6 Å². The number of unbranched alkanes of at least 4 members (excludes halogenated alkanes) is 3. The normalized spacial score (nSPS) is 11.1. The minimum Gasteiger partial charge on any atom is -0.259 e. The summed E-state index contributed by atoms with van der Waals surface area (Å²) in [4.78, 5) is 9.44. The third-order valence-electron chi connectivity index (χ3n) is 1.49. The molecular weight excluding hydrogens is 166 g/mol. The van der Waals surface area contributed by atoms with Crippen LogP contribution in [0.5, 0.6) is 0 Å². The van der Waals surface area contributed by atoms with E-state index in [2.05, 4.69) is 6.58 Å². The van der Waals surface area contributed by atoms with E-state index in [4.69, 9.17) is 0 Å². The molecule has 0 aliphatic carbocycles. The van der Waals surface area contributed by atoms with Crippen molar-refractivity contribution in [2.24, 2.45) is 0 Å². The third-order valence-corrected chi connectivity index (χ3v) is 1.49. The van der Waals surface area contributed by atoms with Gasteiger partial charge in [0.2, 0.25) is 6.20 Å². The lowest BCUT2D eigenvalue weighted by Crippen LogP contribution is -1.82. The van der Waals surface area contributed by atoms with E-state index in [-0.39, 0.29) is 0 Å². The first kappa shape index (κ1) is 11.6. The van der Waals surface area contributed by atoms with Crippen LogP contribution in [-0.2, 0) is 0 Å². The highest BCUT2D eigenvalue weighted by molar-refractivity contribution is 4.96. The van der Waals surface area contributed by atoms with E-state index in [1.54, 1.807) is 12.2 Å². The average Bonchev–Trinajstić information content (AvgIpc) is 2.09. The van der Waals surface area contributed by atoms with Crippen LogP contribution in [-0.4, -0.2) is 4.92 Å². The monoisotopic (exact) mass is 181 g/mol. The number of allylic oxidation sites excluding steroid dienone is 4. The van der Waals surface area contributed by atoms with E-state index in [0.29, 0.717) is 0 Å². The molecule has 0 fully saturated rings. The van der Waals surface area contributed by atoms with Gasteiger partial charge in [0.25, 0.3) is 0 Å². The van der Waals surface area contributed by atoms with Gasteiger partial charge in [-0.1, -0.05) is 24.8 Å². The molecule has 3 heteroatoms. The minimum atomic E-state index is -0.433. The molecule has 72 valence electrons. The molecule has 0 aromatic heterocycles. The Morgan fingerprint density at radius 2 is 1.85 bits per heavy atom. The zero-order valence-corrected chi connectivity index (χ0v) is 7.69. The second-order valence-corrected chi connectivity index (χ2v) is 2.62. The van der Waals surface area contributed by atoms with E-state index >= 15 is 0 Å². The highest BCUT2D eigenvalue weighted by atomic mass is 16.6. The van der Waals surface area contributed by atoms with Crippen LogP contribution < -0.4 is 0 Å². The second-order valence-electron chi connectivity index (χ2n) is 2.62. The van der Waals surface area contributed by atoms with Crippen molar-refractivity contribution < 1.29 is 4.92 Å². The standard InChI is InChI=1S/C10H15NO2/c1-2-3-4-5-6-7-8-9-10-11(12)13/h2-4,9-10H,1,5-8H2/b4-3+,10-9+. The SMILES string of the molecule is C=C/C=C/CCCC/C=C/[N+](=O)[O-]. The van der Waals surface area contributed by atoms with Gasteiger partial charge in [-0.3, -0.25) is 10.1 Å². The van der Waals surface area contributed by atoms with Crippen molar-refractivity contribution in [1.82, 2.24) is 0 Å². The first-order valence-corrected chi connectivity index (χ1v) is 4.35. The van der Waals surface area contributed by atoms with Crippen molar-refractivity contribution >= 4 is 0 Å². The fourth-order valence-corrected chi connectivity index (χ4v) is 0.877. The summed E-state index contributed by atoms with van der Waals surface area (Å²) in [5.41, 5.74) is 0. The Morgan fingerprint density at radius 3 is 2.38 bits per heavy atom. The number of hydrogen-bond acceptors (Lipinski definition) is 2. The summed E-state index contributed by atoms with van der Waals surface area (Å²) >= 11 is 0. The summed E-state index contributed by atoms with van der Waals surface area (Å²) in [5.74, 6) is 0. The van der Waals surface area contributed by atoms with Gasteiger partial charge in [-0.15, -0.1) is 0 Å². The van der Waals surface area contributed by atoms with Crippen molar-refractivity contribution in [2.45, 2.75) is 25.7 Å². The lowest BCUT2D eigenvalue weighted by Gasteiger charge is -1.90. The summed E-state index contributed by atoms with van der Waals surface area (Å²) in [6.45, 7) is 3.55. The Balaban J connectivity index is 3.21. The lowest BCUT2D eigenvalue weighted by atomic mass is 10.2. The molecule has 13 heavy (non-hydrogen) atoms. The van der Waals surface area contributed by atoms with Gasteiger partial charge in [0.1, 0.15) is 0 Å². The molecule has 0 rings (SSSR count). The van der Waals surface area contributed by atoms with Crippen molar-refractivity contribution in [1.29, 1.82) is 0 Å². The molecule has 0 atom stereocenters. The summed E-state index contributed by atoms with van der Waals surface area (Å²) in [7, 11) is 0. The van der Waals surface area contributed by atoms with Crippen LogP contribution in [0.4, 0.5) is 0 Å². The van der Waals surface area contributed by atoms with Gasteiger partial charge < -0.3 is 0 Å². The maximum Gasteiger partial charge on any atom is 0.230 e. The molecule has 0 saturated heterocycles. The molecule has 0 spiro atoms. The largest absolute Gasteiger partial charge is 0.259 e. The molecular formula is C10H15NO2. The molecule has 0 amide bonds. The van der Waals surface area contributed by atoms with Crippen LogP contribution in [0.25, 0.3) is 0 Å². The number of hydrogen-bond donors (Lipinski definition) is 0. The fraction of sp³-hybridized carbons (Fsp3) is 0.400. The molecule has 0 bridgehead atoms. The zero-order valence-electron chi connectivity index (χ0n) is 7.69. The molecule has 0 unspecified atom stereocenters. The summed E-state index contributed by atoms with van der Waals surface area (Å²) in [6.07, 6.45) is 12.1. The molecule has 3 nitrogen and oxygen atoms in total. The molecule has 0 saturated carbocycles. The van der Waals surface area contributed by atoms with Gasteiger partial charge in [0.15, 0.2) is 0 Å². The highest BCUT2D eigenvalue weighted by Gasteiger charge is 1.86. The Bertz CT molecular complexity index is 207. The van der Waals surface area contributed by atoms with Crippen molar-refractivity contribution in [3.05, 3.63) is 47.2 Å². The number of rotatable bonds is 7. The molecule has 0 N–H and O–H groups in total. The van der Waals surface area contributed by atoms with Gasteiger partial charge in [0.05, 0.1) is 4.92 Å². The first-order chi connectivity index (χ1) is 6.27. The van der Waals surface area contributed by atoms with Crippen LogP contribution in [0.1, 0.15) is 25.7 Å². The van der Waals surface area contributed by atoms with E-state index < -0.39 is 4.92 Å². The molecule has 0 aliphatic heterocycles. The third kappa shape index (κ3) is 10.6. The summed E-state index contributed by atoms with van der Waals surface area (Å²) in [6, 6.07) is 0. The van der Waals surface area contributed by atoms with Crippen LogP contribution in [0.3, 0.4) is 0 Å². The van der Waals surface area contributed by atoms with Gasteiger partial charge in [0, 0.05) is 0 Å². The quantitative estimate of drug-likeness (QED) is 0.262.